The van der Waals surface area contributed by atoms with Gasteiger partial charge in [0.2, 0.25) is 0 Å². The van der Waals surface area contributed by atoms with Crippen LogP contribution in [0.5, 0.6) is 0 Å². The summed E-state index contributed by atoms with van der Waals surface area (Å²) in [5, 5.41) is 5.78. The van der Waals surface area contributed by atoms with Crippen molar-refractivity contribution in [2.45, 2.75) is 0 Å². The highest BCUT2D eigenvalue weighted by Crippen LogP contribution is 2.48. The largest absolute Gasteiger partial charge is 0.456 e. The molecule has 0 saturated carbocycles. The van der Waals surface area contributed by atoms with Gasteiger partial charge < -0.3 is 4.42 Å². The van der Waals surface area contributed by atoms with Crippen LogP contribution in [0.1, 0.15) is 24.7 Å². The maximum atomic E-state index is 9.48. The van der Waals surface area contributed by atoms with E-state index in [1.54, 1.807) is 42.5 Å². The molecule has 0 aliphatic carbocycles. The molecule has 1 nitrogen and oxygen atoms in total. The molecule has 83 heavy (non-hydrogen) atoms. The average Bonchev–Trinajstić information content (AvgIpc) is 1.03. The monoisotopic (exact) mass is 1070 g/mol. The fraction of sp³-hybridized carbons (Fsp3) is 0. The van der Waals surface area contributed by atoms with Crippen molar-refractivity contribution in [1.82, 2.24) is 0 Å². The lowest BCUT2D eigenvalue weighted by Crippen LogP contribution is -1.91. The Bertz CT molecular complexity index is 6380. The van der Waals surface area contributed by atoms with Gasteiger partial charge in [0.25, 0.3) is 0 Å². The number of hydrogen-bond donors (Lipinski definition) is 0. The van der Waals surface area contributed by atoms with Crippen LogP contribution in [0.3, 0.4) is 0 Å². The van der Waals surface area contributed by atoms with E-state index in [1.165, 1.54) is 61.0 Å². The Hall–Kier alpha value is -10.9. The van der Waals surface area contributed by atoms with Crippen LogP contribution >= 0.6 is 0 Å². The van der Waals surface area contributed by atoms with Gasteiger partial charge in [-0.15, -0.1) is 0 Å². The molecule has 0 saturated heterocycles. The number of furan rings is 1. The highest BCUT2D eigenvalue weighted by atomic mass is 16.3. The van der Waals surface area contributed by atoms with Gasteiger partial charge in [0, 0.05) is 10.8 Å². The molecule has 0 aliphatic rings. The summed E-state index contributed by atoms with van der Waals surface area (Å²) >= 11 is 0. The highest BCUT2D eigenvalue weighted by molar-refractivity contribution is 6.28. The quantitative estimate of drug-likeness (QED) is 0.119. The van der Waals surface area contributed by atoms with Gasteiger partial charge in [0.15, 0.2) is 0 Å². The summed E-state index contributed by atoms with van der Waals surface area (Å²) in [6.45, 7) is 0. The number of para-hydroxylation sites is 1. The van der Waals surface area contributed by atoms with Gasteiger partial charge in [-0.1, -0.05) is 260 Å². The molecule has 1 aromatic heterocycles. The SMILES string of the molecule is [2H]c1c([2H])c2c([2H])c([2H])c3c([2H])c([2H])c(-c4cc(-c5ccccc5)cc(-c5c([2H])c([2H])c6c([2H])c([2H])c7c([2H])c([2H])c([2H])c8c([2H])c([2H])c5c6c78)c4)c4c([2H])c([2H])c(c1[2H])c2c34.c1ccc(-c2ccc3c(-c4ccc5oc6ccccc6c5c4)c4ccccc4c(-c4ccccc4)c3c2)cc1. The van der Waals surface area contributed by atoms with Crippen molar-refractivity contribution in [2.24, 2.45) is 0 Å². The van der Waals surface area contributed by atoms with Gasteiger partial charge in [-0.2, -0.15) is 0 Å². The van der Waals surface area contributed by atoms with Crippen LogP contribution in [0.15, 0.2) is 307 Å². The molecule has 384 valence electrons. The average molecular weight is 1070 g/mol. The van der Waals surface area contributed by atoms with Crippen molar-refractivity contribution in [1.29, 1.82) is 0 Å². The zero-order chi connectivity index (χ0) is 70.2. The Balaban J connectivity index is 0.000000167. The minimum Gasteiger partial charge on any atom is -0.456 e. The van der Waals surface area contributed by atoms with Gasteiger partial charge in [-0.25, -0.2) is 0 Å². The van der Waals surface area contributed by atoms with Crippen molar-refractivity contribution >= 4 is 108 Å². The number of fused-ring (bicyclic) bond motifs is 5. The minimum absolute atomic E-state index is 0.00774. The normalized spacial score (nSPS) is 14.9. The van der Waals surface area contributed by atoms with Crippen LogP contribution in [0, 0.1) is 0 Å². The first-order valence-corrected chi connectivity index (χ1v) is 27.3. The van der Waals surface area contributed by atoms with Gasteiger partial charge in [-0.05, 0) is 195 Å². The first kappa shape index (κ1) is 32.4. The molecule has 1 heterocycles. The third-order valence-electron chi connectivity index (χ3n) is 16.1. The van der Waals surface area contributed by atoms with E-state index in [0.717, 1.165) is 21.9 Å². The molecule has 0 unspecified atom stereocenters. The molecular weight excluding hydrogens is 1000 g/mol. The Kier molecular flexibility index (Phi) is 7.37. The molecule has 0 fully saturated rings. The van der Waals surface area contributed by atoms with Crippen LogP contribution in [0.4, 0.5) is 0 Å². The summed E-state index contributed by atoms with van der Waals surface area (Å²) in [6.07, 6.45) is 0. The molecule has 17 aromatic carbocycles. The smallest absolute Gasteiger partial charge is 0.135 e. The lowest BCUT2D eigenvalue weighted by atomic mass is 9.84. The topological polar surface area (TPSA) is 13.1 Å². The third-order valence-corrected chi connectivity index (χ3v) is 16.1. The van der Waals surface area contributed by atoms with Crippen molar-refractivity contribution in [3.63, 3.8) is 0 Å². The van der Waals surface area contributed by atoms with Crippen molar-refractivity contribution in [3.05, 3.63) is 303 Å². The lowest BCUT2D eigenvalue weighted by Gasteiger charge is -2.19. The van der Waals surface area contributed by atoms with Crippen molar-refractivity contribution in [2.75, 3.05) is 0 Å². The Morgan fingerprint density at radius 2 is 0.614 bits per heavy atom. The second-order valence-corrected chi connectivity index (χ2v) is 20.8. The predicted molar refractivity (Wildman–Crippen MR) is 355 cm³/mol. The zero-order valence-electron chi connectivity index (χ0n) is 61.9. The molecule has 0 spiro atoms. The fourth-order valence-electron chi connectivity index (χ4n) is 12.4. The fourth-order valence-corrected chi connectivity index (χ4v) is 12.4. The summed E-state index contributed by atoms with van der Waals surface area (Å²) in [4.78, 5) is 0. The van der Waals surface area contributed by atoms with E-state index in [-0.39, 0.29) is 86.9 Å². The molecule has 0 amide bonds. The van der Waals surface area contributed by atoms with Crippen LogP contribution < -0.4 is 0 Å². The molecule has 0 N–H and O–H groups in total. The summed E-state index contributed by atoms with van der Waals surface area (Å²) in [6, 6.07) is 56.2. The summed E-state index contributed by atoms with van der Waals surface area (Å²) in [5.41, 5.74) is 10.4. The van der Waals surface area contributed by atoms with E-state index in [4.69, 9.17) is 20.9 Å². The molecule has 0 radical (unpaired) electrons. The van der Waals surface area contributed by atoms with Crippen molar-refractivity contribution < 1.29 is 29.1 Å². The first-order valence-electron chi connectivity index (χ1n) is 36.3. The second-order valence-electron chi connectivity index (χ2n) is 20.8. The van der Waals surface area contributed by atoms with Crippen LogP contribution in [-0.2, 0) is 0 Å². The maximum Gasteiger partial charge on any atom is 0.135 e. The van der Waals surface area contributed by atoms with Crippen LogP contribution in [-0.4, -0.2) is 0 Å². The summed E-state index contributed by atoms with van der Waals surface area (Å²) < 4.78 is 168. The van der Waals surface area contributed by atoms with Gasteiger partial charge in [0.1, 0.15) is 11.2 Å². The lowest BCUT2D eigenvalue weighted by molar-refractivity contribution is 0.669. The van der Waals surface area contributed by atoms with Crippen LogP contribution in [0.25, 0.3) is 175 Å². The van der Waals surface area contributed by atoms with E-state index in [2.05, 4.69) is 133 Å². The molecular formula is C82H50O. The molecule has 0 aliphatic heterocycles. The molecule has 0 bridgehead atoms. The van der Waals surface area contributed by atoms with E-state index < -0.39 is 109 Å². The molecule has 1 heteroatoms. The van der Waals surface area contributed by atoms with Crippen molar-refractivity contribution in [3.8, 4) is 66.8 Å². The Labute approximate surface area is 505 Å². The maximum absolute atomic E-state index is 9.48. The van der Waals surface area contributed by atoms with Gasteiger partial charge >= 0.3 is 0 Å². The molecule has 0 atom stereocenters. The van der Waals surface area contributed by atoms with Gasteiger partial charge in [0.05, 0.1) is 24.7 Å². The van der Waals surface area contributed by atoms with E-state index in [1.807, 2.05) is 12.1 Å². The van der Waals surface area contributed by atoms with Crippen LogP contribution in [0.2, 0.25) is 0 Å². The zero-order valence-corrected chi connectivity index (χ0v) is 43.9. The summed E-state index contributed by atoms with van der Waals surface area (Å²) in [7, 11) is 0. The first-order chi connectivity index (χ1) is 48.7. The van der Waals surface area contributed by atoms with E-state index in [0.29, 0.717) is 11.1 Å². The number of rotatable bonds is 6. The molecule has 18 aromatic rings. The van der Waals surface area contributed by atoms with Gasteiger partial charge in [-0.3, -0.25) is 0 Å². The van der Waals surface area contributed by atoms with E-state index >= 15 is 0 Å². The highest BCUT2D eigenvalue weighted by Gasteiger charge is 2.21. The van der Waals surface area contributed by atoms with E-state index in [9.17, 15) is 8.22 Å². The molecule has 18 rings (SSSR count). The summed E-state index contributed by atoms with van der Waals surface area (Å²) in [5.74, 6) is 0. The Morgan fingerprint density at radius 3 is 1.18 bits per heavy atom. The third kappa shape index (κ3) is 7.63. The number of hydrogen-bond acceptors (Lipinski definition) is 1. The second kappa shape index (κ2) is 18.9. The minimum atomic E-state index is -0.600. The Morgan fingerprint density at radius 1 is 0.217 bits per heavy atom. The number of benzene rings is 17. The standard InChI is InChI=1S/C44H26.C38H24O/c1-2-6-27(7-3-1)34-24-35(37-20-16-32-14-12-28-8-4-10-30-18-22-39(37)43(32)41(28)30)26-36(25-34)38-21-17-33-15-13-29-9-5-11-31-19-23-40(38)44(33)42(29)31;1-3-11-25(12-4-1)27-19-21-32-34(23-27)37(26-13-5-2-6-14-26)30-16-7-8-17-31(30)38(32)28-20-22-36-33(24-28)29-15-9-10-18-35(29)39-36/h1-26H;1-24H/i4D,5D,8D,9D,10D,11D,12D,13D,14D,15D,16D,17D,18D,19D,20D,21D,22D,23D;. The predicted octanol–water partition coefficient (Wildman–Crippen LogP) is 23.4.